The van der Waals surface area contributed by atoms with E-state index in [1.807, 2.05) is 12.1 Å². The van der Waals surface area contributed by atoms with E-state index in [1.165, 1.54) is 6.20 Å². The first-order chi connectivity index (χ1) is 17.5. The highest BCUT2D eigenvalue weighted by atomic mass is 16.6. The van der Waals surface area contributed by atoms with E-state index >= 15 is 0 Å². The van der Waals surface area contributed by atoms with E-state index in [0.717, 1.165) is 10.6 Å². The van der Waals surface area contributed by atoms with Crippen LogP contribution >= 0.6 is 0 Å². The zero-order chi connectivity index (χ0) is 25.5. The predicted octanol–water partition coefficient (Wildman–Crippen LogP) is 4.40. The number of benzene rings is 2. The fraction of sp³-hybridized carbons (Fsp3) is 0.192. The van der Waals surface area contributed by atoms with Crippen LogP contribution in [0.4, 0.5) is 16.3 Å². The zero-order valence-corrected chi connectivity index (χ0v) is 19.8. The maximum atomic E-state index is 13.1. The van der Waals surface area contributed by atoms with Crippen LogP contribution in [0.2, 0.25) is 0 Å². The number of nitrogens with one attached hydrogen (secondary N) is 2. The van der Waals surface area contributed by atoms with Crippen molar-refractivity contribution in [1.29, 1.82) is 5.26 Å². The Morgan fingerprint density at radius 2 is 1.97 bits per heavy atom. The van der Waals surface area contributed by atoms with Crippen LogP contribution in [-0.2, 0) is 16.1 Å². The number of pyridine rings is 1. The molecule has 36 heavy (non-hydrogen) atoms. The van der Waals surface area contributed by atoms with Gasteiger partial charge in [0, 0.05) is 18.0 Å². The van der Waals surface area contributed by atoms with E-state index in [1.54, 1.807) is 62.4 Å². The summed E-state index contributed by atoms with van der Waals surface area (Å²) in [6.07, 6.45) is 0.758. The van der Waals surface area contributed by atoms with Crippen LogP contribution < -0.4 is 15.0 Å². The number of imidazole rings is 1. The monoisotopic (exact) mass is 484 g/mol. The SMILES string of the molecule is CCOC(=O)C(C)N(C(=O)Oc1ccc2nc(CNc3ccc(C#N)cc3)[nH]c2c1)c1ccccn1. The average Bonchev–Trinajstić information content (AvgIpc) is 3.31. The third kappa shape index (κ3) is 5.59. The molecule has 10 nitrogen and oxygen atoms in total. The molecular formula is C26H24N6O4. The number of anilines is 2. The molecule has 1 amide bonds. The number of hydrogen-bond donors (Lipinski definition) is 2. The molecule has 1 unspecified atom stereocenters. The van der Waals surface area contributed by atoms with E-state index < -0.39 is 18.1 Å². The van der Waals surface area contributed by atoms with Crippen LogP contribution in [0.25, 0.3) is 11.0 Å². The molecule has 0 radical (unpaired) electrons. The lowest BCUT2D eigenvalue weighted by Crippen LogP contribution is -2.46. The number of rotatable bonds is 8. The smallest absolute Gasteiger partial charge is 0.421 e. The fourth-order valence-corrected chi connectivity index (χ4v) is 3.50. The second-order valence-electron chi connectivity index (χ2n) is 7.76. The summed E-state index contributed by atoms with van der Waals surface area (Å²) in [5, 5.41) is 12.2. The van der Waals surface area contributed by atoms with Gasteiger partial charge in [-0.05, 0) is 62.4 Å². The van der Waals surface area contributed by atoms with Gasteiger partial charge >= 0.3 is 12.1 Å². The lowest BCUT2D eigenvalue weighted by atomic mass is 10.2. The number of fused-ring (bicyclic) bond motifs is 1. The van der Waals surface area contributed by atoms with Crippen LogP contribution in [0.1, 0.15) is 25.2 Å². The lowest BCUT2D eigenvalue weighted by Gasteiger charge is -2.25. The number of aromatic nitrogens is 3. The van der Waals surface area contributed by atoms with Crippen molar-refractivity contribution >= 4 is 34.6 Å². The molecule has 2 aromatic carbocycles. The Labute approximate surface area is 207 Å². The summed E-state index contributed by atoms with van der Waals surface area (Å²) in [6.45, 7) is 3.87. The highest BCUT2D eigenvalue weighted by Crippen LogP contribution is 2.23. The van der Waals surface area contributed by atoms with Crippen molar-refractivity contribution in [1.82, 2.24) is 15.0 Å². The molecule has 0 aliphatic rings. The van der Waals surface area contributed by atoms with Gasteiger partial charge < -0.3 is 19.8 Å². The van der Waals surface area contributed by atoms with E-state index in [4.69, 9.17) is 14.7 Å². The molecule has 2 N–H and O–H groups in total. The summed E-state index contributed by atoms with van der Waals surface area (Å²) in [5.41, 5.74) is 2.83. The molecule has 0 fully saturated rings. The molecule has 10 heteroatoms. The number of carbonyl (C=O) groups excluding carboxylic acids is 2. The van der Waals surface area contributed by atoms with Crippen LogP contribution in [-0.4, -0.2) is 39.7 Å². The predicted molar refractivity (Wildman–Crippen MR) is 133 cm³/mol. The number of nitrogens with zero attached hydrogens (tertiary/aromatic N) is 4. The van der Waals surface area contributed by atoms with Crippen molar-refractivity contribution in [3.05, 3.63) is 78.2 Å². The van der Waals surface area contributed by atoms with Gasteiger partial charge in [0.05, 0.1) is 35.8 Å². The number of aromatic amines is 1. The Morgan fingerprint density at radius 1 is 1.17 bits per heavy atom. The van der Waals surface area contributed by atoms with Gasteiger partial charge in [-0.1, -0.05) is 6.07 Å². The van der Waals surface area contributed by atoms with Crippen LogP contribution in [0.3, 0.4) is 0 Å². The first-order valence-corrected chi connectivity index (χ1v) is 11.3. The van der Waals surface area contributed by atoms with Gasteiger partial charge in [-0.25, -0.2) is 24.5 Å². The Kier molecular flexibility index (Phi) is 7.41. The molecule has 0 saturated heterocycles. The molecule has 0 spiro atoms. The van der Waals surface area contributed by atoms with Gasteiger partial charge in [0.1, 0.15) is 23.4 Å². The first kappa shape index (κ1) is 24.2. The van der Waals surface area contributed by atoms with Crippen molar-refractivity contribution in [2.75, 3.05) is 16.8 Å². The standard InChI is InChI=1S/C26H24N6O4/c1-3-35-25(33)17(2)32(24-6-4-5-13-28-24)26(34)36-20-11-12-21-22(14-20)31-23(30-21)16-29-19-9-7-18(15-27)8-10-19/h4-14,17,29H,3,16H2,1-2H3,(H,30,31). The zero-order valence-electron chi connectivity index (χ0n) is 19.8. The summed E-state index contributed by atoms with van der Waals surface area (Å²) >= 11 is 0. The molecule has 2 aromatic heterocycles. The second-order valence-corrected chi connectivity index (χ2v) is 7.76. The van der Waals surface area contributed by atoms with Crippen molar-refractivity contribution in [2.45, 2.75) is 26.4 Å². The first-order valence-electron chi connectivity index (χ1n) is 11.3. The summed E-state index contributed by atoms with van der Waals surface area (Å²) < 4.78 is 10.7. The highest BCUT2D eigenvalue weighted by molar-refractivity contribution is 5.95. The molecule has 4 aromatic rings. The van der Waals surface area contributed by atoms with Crippen LogP contribution in [0, 0.1) is 11.3 Å². The van der Waals surface area contributed by atoms with Crippen molar-refractivity contribution in [3.8, 4) is 11.8 Å². The molecule has 0 aliphatic carbocycles. The fourth-order valence-electron chi connectivity index (χ4n) is 3.50. The van der Waals surface area contributed by atoms with E-state index in [-0.39, 0.29) is 18.2 Å². The number of esters is 1. The van der Waals surface area contributed by atoms with Crippen LogP contribution in [0.5, 0.6) is 5.75 Å². The van der Waals surface area contributed by atoms with Crippen molar-refractivity contribution in [2.24, 2.45) is 0 Å². The summed E-state index contributed by atoms with van der Waals surface area (Å²) in [6, 6.07) is 18.3. The van der Waals surface area contributed by atoms with Crippen molar-refractivity contribution in [3.63, 3.8) is 0 Å². The average molecular weight is 485 g/mol. The van der Waals surface area contributed by atoms with Gasteiger partial charge in [0.25, 0.3) is 0 Å². The van der Waals surface area contributed by atoms with Gasteiger partial charge in [-0.15, -0.1) is 0 Å². The highest BCUT2D eigenvalue weighted by Gasteiger charge is 2.31. The normalized spacial score (nSPS) is 11.4. The minimum Gasteiger partial charge on any atom is -0.464 e. The topological polar surface area (TPSA) is 133 Å². The van der Waals surface area contributed by atoms with Gasteiger partial charge in [0.2, 0.25) is 0 Å². The molecule has 4 rings (SSSR count). The Balaban J connectivity index is 1.49. The number of H-pyrrole nitrogens is 1. The summed E-state index contributed by atoms with van der Waals surface area (Å²) in [7, 11) is 0. The number of amides is 1. The van der Waals surface area contributed by atoms with Crippen molar-refractivity contribution < 1.29 is 19.1 Å². The number of carbonyl (C=O) groups is 2. The van der Waals surface area contributed by atoms with Crippen LogP contribution in [0.15, 0.2) is 66.9 Å². The maximum Gasteiger partial charge on any atom is 0.421 e. The van der Waals surface area contributed by atoms with Gasteiger partial charge in [-0.3, -0.25) is 0 Å². The second kappa shape index (κ2) is 11.0. The largest absolute Gasteiger partial charge is 0.464 e. The molecule has 0 aliphatic heterocycles. The quantitative estimate of drug-likeness (QED) is 0.352. The number of ether oxygens (including phenoxy) is 2. The third-order valence-corrected chi connectivity index (χ3v) is 5.29. The Morgan fingerprint density at radius 3 is 2.67 bits per heavy atom. The summed E-state index contributed by atoms with van der Waals surface area (Å²) in [5.74, 6) is 0.661. The molecule has 1 atom stereocenters. The van der Waals surface area contributed by atoms with Gasteiger partial charge in [0.15, 0.2) is 0 Å². The van der Waals surface area contributed by atoms with E-state index in [9.17, 15) is 9.59 Å². The Hall–Kier alpha value is -4.91. The minimum atomic E-state index is -0.942. The number of nitriles is 1. The molecular weight excluding hydrogens is 460 g/mol. The minimum absolute atomic E-state index is 0.188. The molecule has 0 bridgehead atoms. The van der Waals surface area contributed by atoms with E-state index in [2.05, 4.69) is 26.3 Å². The summed E-state index contributed by atoms with van der Waals surface area (Å²) in [4.78, 5) is 38.6. The molecule has 2 heterocycles. The Bertz CT molecular complexity index is 1400. The van der Waals surface area contributed by atoms with Gasteiger partial charge in [-0.2, -0.15) is 5.26 Å². The van der Waals surface area contributed by atoms with E-state index in [0.29, 0.717) is 29.0 Å². The third-order valence-electron chi connectivity index (χ3n) is 5.29. The number of hydrogen-bond acceptors (Lipinski definition) is 8. The molecule has 0 saturated carbocycles. The lowest BCUT2D eigenvalue weighted by molar-refractivity contribution is -0.144. The maximum absolute atomic E-state index is 13.1. The molecule has 182 valence electrons.